The molecule has 2 amide bonds. The zero-order valence-electron chi connectivity index (χ0n) is 15.3. The Balaban J connectivity index is 2.35. The molecule has 0 radical (unpaired) electrons. The second-order valence-electron chi connectivity index (χ2n) is 6.42. The van der Waals surface area contributed by atoms with Gasteiger partial charge in [-0.25, -0.2) is 0 Å². The van der Waals surface area contributed by atoms with Crippen molar-refractivity contribution in [2.24, 2.45) is 0 Å². The Kier molecular flexibility index (Phi) is 6.33. The summed E-state index contributed by atoms with van der Waals surface area (Å²) in [7, 11) is 1.71. The molecule has 1 aromatic carbocycles. The largest absolute Gasteiger partial charge is 0.395 e. The van der Waals surface area contributed by atoms with Crippen molar-refractivity contribution in [3.8, 4) is 0 Å². The van der Waals surface area contributed by atoms with E-state index < -0.39 is 0 Å². The number of carbonyl (C=O) groups is 2. The summed E-state index contributed by atoms with van der Waals surface area (Å²) < 4.78 is 5.48. The first-order chi connectivity index (χ1) is 11.9. The normalized spacial score (nSPS) is 14.9. The first-order valence-electron chi connectivity index (χ1n) is 8.48. The molecule has 136 valence electrons. The third-order valence-electron chi connectivity index (χ3n) is 4.07. The van der Waals surface area contributed by atoms with Crippen molar-refractivity contribution in [3.63, 3.8) is 0 Å². The molecule has 0 bridgehead atoms. The molecule has 6 nitrogen and oxygen atoms in total. The molecule has 6 heteroatoms. The first kappa shape index (κ1) is 19.1. The Morgan fingerprint density at radius 3 is 2.36 bits per heavy atom. The average molecular weight is 346 g/mol. The Labute approximate surface area is 148 Å². The van der Waals surface area contributed by atoms with Gasteiger partial charge in [0.25, 0.3) is 11.8 Å². The maximum absolute atomic E-state index is 12.9. The molecule has 1 aliphatic heterocycles. The number of hydrogen-bond acceptors (Lipinski definition) is 5. The second kappa shape index (κ2) is 8.27. The van der Waals surface area contributed by atoms with Gasteiger partial charge in [0.1, 0.15) is 5.70 Å². The Hall–Kier alpha value is -2.18. The molecule has 1 N–H and O–H groups in total. The van der Waals surface area contributed by atoms with Gasteiger partial charge in [-0.1, -0.05) is 29.8 Å². The molecule has 0 aliphatic carbocycles. The number of amides is 2. The number of likely N-dealkylation sites (N-methyl/N-ethyl adjacent to an activating group) is 1. The van der Waals surface area contributed by atoms with Crippen molar-refractivity contribution in [2.75, 3.05) is 33.4 Å². The van der Waals surface area contributed by atoms with E-state index in [1.165, 1.54) is 4.90 Å². The monoisotopic (exact) mass is 346 g/mol. The average Bonchev–Trinajstić information content (AvgIpc) is 2.80. The van der Waals surface area contributed by atoms with Crippen LogP contribution < -0.4 is 0 Å². The lowest BCUT2D eigenvalue weighted by molar-refractivity contribution is -0.138. The van der Waals surface area contributed by atoms with Crippen LogP contribution in [-0.4, -0.2) is 66.2 Å². The number of carbonyl (C=O) groups excluding carboxylic acids is 2. The zero-order chi connectivity index (χ0) is 18.6. The Morgan fingerprint density at radius 2 is 1.80 bits per heavy atom. The van der Waals surface area contributed by atoms with E-state index in [2.05, 4.69) is 0 Å². The predicted molar refractivity (Wildman–Crippen MR) is 95.6 cm³/mol. The fourth-order valence-corrected chi connectivity index (χ4v) is 2.74. The van der Waals surface area contributed by atoms with Crippen LogP contribution in [0.5, 0.6) is 0 Å². The SMILES string of the molecule is Cc1ccc(C2=C(N(C)CCO)C(=O)N(CCOC(C)C)C2=O)cc1. The fourth-order valence-electron chi connectivity index (χ4n) is 2.74. The van der Waals surface area contributed by atoms with Crippen LogP contribution in [0.3, 0.4) is 0 Å². The second-order valence-corrected chi connectivity index (χ2v) is 6.42. The Morgan fingerprint density at radius 1 is 1.16 bits per heavy atom. The van der Waals surface area contributed by atoms with Gasteiger partial charge < -0.3 is 14.7 Å². The topological polar surface area (TPSA) is 70.1 Å². The number of aryl methyl sites for hydroxylation is 1. The molecule has 0 saturated carbocycles. The van der Waals surface area contributed by atoms with Crippen LogP contribution in [0.25, 0.3) is 5.57 Å². The van der Waals surface area contributed by atoms with Crippen LogP contribution in [-0.2, 0) is 14.3 Å². The summed E-state index contributed by atoms with van der Waals surface area (Å²) in [5.74, 6) is -0.662. The standard InChI is InChI=1S/C19H26N2O4/c1-13(2)25-12-10-21-18(23)16(15-7-5-14(3)6-8-15)17(19(21)24)20(4)9-11-22/h5-8,13,22H,9-12H2,1-4H3. The van der Waals surface area contributed by atoms with Crippen molar-refractivity contribution >= 4 is 17.4 Å². The molecule has 0 atom stereocenters. The van der Waals surface area contributed by atoms with Crippen LogP contribution >= 0.6 is 0 Å². The van der Waals surface area contributed by atoms with Gasteiger partial charge >= 0.3 is 0 Å². The number of rotatable bonds is 8. The van der Waals surface area contributed by atoms with E-state index in [0.717, 1.165) is 5.56 Å². The smallest absolute Gasteiger partial charge is 0.277 e. The van der Waals surface area contributed by atoms with Crippen LogP contribution in [0.1, 0.15) is 25.0 Å². The van der Waals surface area contributed by atoms with Gasteiger partial charge in [-0.15, -0.1) is 0 Å². The third-order valence-corrected chi connectivity index (χ3v) is 4.07. The van der Waals surface area contributed by atoms with E-state index in [1.54, 1.807) is 11.9 Å². The van der Waals surface area contributed by atoms with Gasteiger partial charge in [-0.2, -0.15) is 0 Å². The highest BCUT2D eigenvalue weighted by Gasteiger charge is 2.40. The predicted octanol–water partition coefficient (Wildman–Crippen LogP) is 1.42. The van der Waals surface area contributed by atoms with Crippen molar-refractivity contribution in [1.29, 1.82) is 0 Å². The summed E-state index contributed by atoms with van der Waals surface area (Å²) in [5.41, 5.74) is 2.49. The van der Waals surface area contributed by atoms with E-state index >= 15 is 0 Å². The summed E-state index contributed by atoms with van der Waals surface area (Å²) in [6, 6.07) is 7.51. The number of ether oxygens (including phenoxy) is 1. The zero-order valence-corrected chi connectivity index (χ0v) is 15.3. The maximum Gasteiger partial charge on any atom is 0.277 e. The minimum atomic E-state index is -0.344. The third kappa shape index (κ3) is 4.27. The summed E-state index contributed by atoms with van der Waals surface area (Å²) in [6.07, 6.45) is 0.0360. The fraction of sp³-hybridized carbons (Fsp3) is 0.474. The molecular formula is C19H26N2O4. The number of nitrogens with zero attached hydrogens (tertiary/aromatic N) is 2. The summed E-state index contributed by atoms with van der Waals surface area (Å²) in [4.78, 5) is 28.6. The quantitative estimate of drug-likeness (QED) is 0.721. The van der Waals surface area contributed by atoms with E-state index in [0.29, 0.717) is 23.4 Å². The number of hydrogen-bond donors (Lipinski definition) is 1. The summed E-state index contributed by atoms with van der Waals surface area (Å²) >= 11 is 0. The number of aliphatic hydroxyl groups is 1. The molecular weight excluding hydrogens is 320 g/mol. The van der Waals surface area contributed by atoms with Crippen molar-refractivity contribution in [2.45, 2.75) is 26.9 Å². The van der Waals surface area contributed by atoms with Gasteiger partial charge in [0, 0.05) is 13.6 Å². The molecule has 0 unspecified atom stereocenters. The van der Waals surface area contributed by atoms with E-state index in [9.17, 15) is 14.7 Å². The molecule has 2 rings (SSSR count). The highest BCUT2D eigenvalue weighted by molar-refractivity contribution is 6.35. The van der Waals surface area contributed by atoms with Crippen molar-refractivity contribution in [1.82, 2.24) is 9.80 Å². The molecule has 1 heterocycles. The lowest BCUT2D eigenvalue weighted by Crippen LogP contribution is -2.37. The first-order valence-corrected chi connectivity index (χ1v) is 8.48. The summed E-state index contributed by atoms with van der Waals surface area (Å²) in [5, 5.41) is 9.22. The lowest BCUT2D eigenvalue weighted by Gasteiger charge is -2.20. The number of imide groups is 1. The molecule has 0 spiro atoms. The Bertz CT molecular complexity index is 665. The van der Waals surface area contributed by atoms with E-state index in [1.807, 2.05) is 45.0 Å². The molecule has 0 saturated heterocycles. The van der Waals surface area contributed by atoms with Gasteiger partial charge in [-0.3, -0.25) is 14.5 Å². The minimum absolute atomic E-state index is 0.0360. The van der Waals surface area contributed by atoms with Gasteiger partial charge in [0.15, 0.2) is 0 Å². The van der Waals surface area contributed by atoms with Gasteiger partial charge in [0.05, 0.1) is 31.4 Å². The van der Waals surface area contributed by atoms with Crippen molar-refractivity contribution < 1.29 is 19.4 Å². The van der Waals surface area contributed by atoms with Crippen LogP contribution in [0, 0.1) is 6.92 Å². The lowest BCUT2D eigenvalue weighted by atomic mass is 10.0. The number of benzene rings is 1. The highest BCUT2D eigenvalue weighted by atomic mass is 16.5. The van der Waals surface area contributed by atoms with Gasteiger partial charge in [0.2, 0.25) is 0 Å². The van der Waals surface area contributed by atoms with E-state index in [4.69, 9.17) is 4.74 Å². The van der Waals surface area contributed by atoms with Crippen LogP contribution in [0.2, 0.25) is 0 Å². The summed E-state index contributed by atoms with van der Waals surface area (Å²) in [6.45, 7) is 6.47. The molecule has 1 aliphatic rings. The molecule has 0 aromatic heterocycles. The number of aliphatic hydroxyl groups excluding tert-OH is 1. The van der Waals surface area contributed by atoms with Gasteiger partial charge in [-0.05, 0) is 26.3 Å². The maximum atomic E-state index is 12.9. The molecule has 0 fully saturated rings. The molecule has 1 aromatic rings. The van der Waals surface area contributed by atoms with E-state index in [-0.39, 0.29) is 37.6 Å². The van der Waals surface area contributed by atoms with Crippen LogP contribution in [0.4, 0.5) is 0 Å². The minimum Gasteiger partial charge on any atom is -0.395 e. The van der Waals surface area contributed by atoms with Crippen molar-refractivity contribution in [3.05, 3.63) is 41.1 Å². The van der Waals surface area contributed by atoms with Crippen LogP contribution in [0.15, 0.2) is 30.0 Å². The highest BCUT2D eigenvalue weighted by Crippen LogP contribution is 2.31. The molecule has 25 heavy (non-hydrogen) atoms.